The fraction of sp³-hybridized carbons (Fsp3) is 0.308. The maximum atomic E-state index is 4.67. The number of fused-ring (bicyclic) bond motifs is 1. The third-order valence-corrected chi connectivity index (χ3v) is 4.66. The second kappa shape index (κ2) is 4.97. The second-order valence-electron chi connectivity index (χ2n) is 4.24. The summed E-state index contributed by atoms with van der Waals surface area (Å²) in [5, 5.41) is 3.33. The first-order valence-corrected chi connectivity index (χ1v) is 7.95. The summed E-state index contributed by atoms with van der Waals surface area (Å²) in [6, 6.07) is 8.53. The Morgan fingerprint density at radius 2 is 2.11 bits per heavy atom. The Labute approximate surface area is 119 Å². The van der Waals surface area contributed by atoms with Crippen LogP contribution < -0.4 is 5.32 Å². The van der Waals surface area contributed by atoms with Crippen LogP contribution in [-0.4, -0.2) is 22.4 Å². The van der Waals surface area contributed by atoms with E-state index in [1.807, 2.05) is 0 Å². The number of hydrogen-bond donors (Lipinski definition) is 1. The van der Waals surface area contributed by atoms with E-state index in [9.17, 15) is 0 Å². The summed E-state index contributed by atoms with van der Waals surface area (Å²) < 4.78 is 3.27. The quantitative estimate of drug-likeness (QED) is 0.851. The van der Waals surface area contributed by atoms with Crippen LogP contribution in [0.25, 0.3) is 11.3 Å². The van der Waals surface area contributed by atoms with E-state index in [1.165, 1.54) is 4.90 Å². The van der Waals surface area contributed by atoms with E-state index in [0.717, 1.165) is 41.3 Å². The summed E-state index contributed by atoms with van der Waals surface area (Å²) >= 11 is 5.42. The maximum Gasteiger partial charge on any atom is 0.204 e. The second-order valence-corrected chi connectivity index (χ2v) is 5.87. The molecule has 0 spiro atoms. The monoisotopic (exact) mass is 323 g/mol. The predicted octanol–water partition coefficient (Wildman–Crippen LogP) is 3.85. The van der Waals surface area contributed by atoms with Gasteiger partial charge >= 0.3 is 0 Å². The highest BCUT2D eigenvalue weighted by Crippen LogP contribution is 2.33. The fourth-order valence-corrected chi connectivity index (χ4v) is 3.21. The number of hydrogen-bond acceptors (Lipinski definition) is 3. The maximum absolute atomic E-state index is 4.67. The minimum Gasteiger partial charge on any atom is -0.356 e. The summed E-state index contributed by atoms with van der Waals surface area (Å²) in [5.41, 5.74) is 2.18. The highest BCUT2D eigenvalue weighted by molar-refractivity contribution is 9.10. The molecule has 18 heavy (non-hydrogen) atoms. The lowest BCUT2D eigenvalue weighted by Gasteiger charge is -2.15. The third-order valence-electron chi connectivity index (χ3n) is 3.11. The molecule has 0 radical (unpaired) electrons. The van der Waals surface area contributed by atoms with Crippen molar-refractivity contribution in [3.8, 4) is 11.3 Å². The van der Waals surface area contributed by atoms with Crippen molar-refractivity contribution in [2.45, 2.75) is 17.9 Å². The van der Waals surface area contributed by atoms with Gasteiger partial charge in [0.15, 0.2) is 0 Å². The van der Waals surface area contributed by atoms with E-state index >= 15 is 0 Å². The van der Waals surface area contributed by atoms with E-state index in [1.54, 1.807) is 11.8 Å². The van der Waals surface area contributed by atoms with Crippen molar-refractivity contribution in [1.29, 1.82) is 0 Å². The van der Waals surface area contributed by atoms with Crippen molar-refractivity contribution < 1.29 is 0 Å². The van der Waals surface area contributed by atoms with Crippen molar-refractivity contribution in [3.05, 3.63) is 28.9 Å². The molecule has 0 unspecified atom stereocenters. The molecule has 0 fully saturated rings. The van der Waals surface area contributed by atoms with Crippen LogP contribution in [0.1, 0.15) is 6.42 Å². The largest absolute Gasteiger partial charge is 0.356 e. The molecule has 2 heterocycles. The van der Waals surface area contributed by atoms with Crippen molar-refractivity contribution in [3.63, 3.8) is 0 Å². The van der Waals surface area contributed by atoms with Gasteiger partial charge in [-0.05, 0) is 40.7 Å². The first kappa shape index (κ1) is 12.1. The molecule has 1 aromatic heterocycles. The van der Waals surface area contributed by atoms with E-state index in [4.69, 9.17) is 0 Å². The summed E-state index contributed by atoms with van der Waals surface area (Å²) in [6.45, 7) is 2.03. The molecule has 1 aromatic carbocycles. The van der Waals surface area contributed by atoms with E-state index < -0.39 is 0 Å². The first-order valence-electron chi connectivity index (χ1n) is 5.94. The molecule has 1 aliphatic heterocycles. The zero-order valence-electron chi connectivity index (χ0n) is 10.1. The zero-order chi connectivity index (χ0) is 12.5. The van der Waals surface area contributed by atoms with Crippen molar-refractivity contribution >= 4 is 33.6 Å². The van der Waals surface area contributed by atoms with Crippen LogP contribution in [0.4, 0.5) is 5.95 Å². The van der Waals surface area contributed by atoms with E-state index in [2.05, 4.69) is 61.3 Å². The number of nitrogens with zero attached hydrogens (tertiary/aromatic N) is 2. The Hall–Kier alpha value is -0.940. The molecule has 0 aliphatic carbocycles. The lowest BCUT2D eigenvalue weighted by molar-refractivity contribution is 0.618. The Morgan fingerprint density at radius 3 is 2.78 bits per heavy atom. The Bertz CT molecular complexity index is 562. The van der Waals surface area contributed by atoms with Crippen LogP contribution in [0.15, 0.2) is 33.8 Å². The number of rotatable bonds is 2. The molecule has 0 saturated carbocycles. The first-order chi connectivity index (χ1) is 8.79. The van der Waals surface area contributed by atoms with Crippen molar-refractivity contribution in [2.75, 3.05) is 18.1 Å². The van der Waals surface area contributed by atoms with Gasteiger partial charge in [0.1, 0.15) is 10.3 Å². The highest BCUT2D eigenvalue weighted by Gasteiger charge is 2.18. The summed E-state index contributed by atoms with van der Waals surface area (Å²) in [6.07, 6.45) is 3.23. The Kier molecular flexibility index (Phi) is 3.35. The van der Waals surface area contributed by atoms with Gasteiger partial charge in [-0.25, -0.2) is 4.98 Å². The Morgan fingerprint density at radius 1 is 1.33 bits per heavy atom. The zero-order valence-corrected chi connectivity index (χ0v) is 12.5. The molecule has 0 bridgehead atoms. The number of imidazole rings is 1. The van der Waals surface area contributed by atoms with Crippen LogP contribution in [0.5, 0.6) is 0 Å². The smallest absolute Gasteiger partial charge is 0.204 e. The molecule has 5 heteroatoms. The van der Waals surface area contributed by atoms with Gasteiger partial charge in [0, 0.05) is 23.5 Å². The van der Waals surface area contributed by atoms with Gasteiger partial charge in [-0.2, -0.15) is 0 Å². The predicted molar refractivity (Wildman–Crippen MR) is 80.3 cm³/mol. The minimum absolute atomic E-state index is 0.970. The molecular formula is C13H14BrN3S. The molecule has 2 aromatic rings. The molecule has 0 saturated heterocycles. The molecule has 1 N–H and O–H groups in total. The minimum atomic E-state index is 0.970. The van der Waals surface area contributed by atoms with Gasteiger partial charge < -0.3 is 9.88 Å². The molecule has 0 amide bonds. The summed E-state index contributed by atoms with van der Waals surface area (Å²) in [4.78, 5) is 5.95. The molecule has 94 valence electrons. The van der Waals surface area contributed by atoms with Crippen LogP contribution in [0.2, 0.25) is 0 Å². The van der Waals surface area contributed by atoms with Crippen LogP contribution in [0, 0.1) is 0 Å². The van der Waals surface area contributed by atoms with Crippen LogP contribution in [-0.2, 0) is 6.54 Å². The Balaban J connectivity index is 2.02. The molecule has 0 atom stereocenters. The lowest BCUT2D eigenvalue weighted by atomic mass is 10.2. The number of nitrogens with one attached hydrogen (secondary N) is 1. The van der Waals surface area contributed by atoms with E-state index in [0.29, 0.717) is 0 Å². The van der Waals surface area contributed by atoms with Crippen LogP contribution in [0.3, 0.4) is 0 Å². The molecule has 1 aliphatic rings. The van der Waals surface area contributed by atoms with Gasteiger partial charge in [-0.1, -0.05) is 12.1 Å². The summed E-state index contributed by atoms with van der Waals surface area (Å²) in [5.74, 6) is 0.970. The van der Waals surface area contributed by atoms with Gasteiger partial charge in [-0.15, -0.1) is 11.8 Å². The average Bonchev–Trinajstić information content (AvgIpc) is 2.77. The normalized spacial score (nSPS) is 14.1. The summed E-state index contributed by atoms with van der Waals surface area (Å²) in [7, 11) is 0. The van der Waals surface area contributed by atoms with Gasteiger partial charge in [0.05, 0.1) is 0 Å². The van der Waals surface area contributed by atoms with Crippen LogP contribution >= 0.6 is 27.7 Å². The van der Waals surface area contributed by atoms with E-state index in [-0.39, 0.29) is 0 Å². The standard InChI is InChI=1S/C13H14BrN3S/c1-18-10-5-3-9(4-6-10)11-12(14)17-8-2-7-15-13(17)16-11/h3-6H,2,7-8H2,1H3,(H,15,16). The highest BCUT2D eigenvalue weighted by atomic mass is 79.9. The average molecular weight is 324 g/mol. The number of thioether (sulfide) groups is 1. The van der Waals surface area contributed by atoms with Gasteiger partial charge in [0.2, 0.25) is 5.95 Å². The molecule has 3 rings (SSSR count). The number of halogens is 1. The number of aromatic nitrogens is 2. The van der Waals surface area contributed by atoms with Gasteiger partial charge in [-0.3, -0.25) is 0 Å². The van der Waals surface area contributed by atoms with Crippen molar-refractivity contribution in [1.82, 2.24) is 9.55 Å². The SMILES string of the molecule is CSc1ccc(-c2nc3n(c2Br)CCCN3)cc1. The third kappa shape index (κ3) is 2.06. The van der Waals surface area contributed by atoms with Gasteiger partial charge in [0.25, 0.3) is 0 Å². The topological polar surface area (TPSA) is 29.9 Å². The van der Waals surface area contributed by atoms with Crippen molar-refractivity contribution in [2.24, 2.45) is 0 Å². The number of anilines is 1. The molecular weight excluding hydrogens is 310 g/mol. The number of benzene rings is 1. The lowest BCUT2D eigenvalue weighted by Crippen LogP contribution is -2.17. The molecule has 3 nitrogen and oxygen atoms in total. The fourth-order valence-electron chi connectivity index (χ4n) is 2.14.